The Morgan fingerprint density at radius 3 is 2.92 bits per heavy atom. The van der Waals surface area contributed by atoms with Crippen LogP contribution >= 0.6 is 0 Å². The molecular weight excluding hydrogens is 320 g/mol. The number of hydrogen-bond acceptors (Lipinski definition) is 8. The third kappa shape index (κ3) is 3.43. The van der Waals surface area contributed by atoms with Crippen molar-refractivity contribution in [3.05, 3.63) is 42.0 Å². The average Bonchev–Trinajstić information content (AvgIpc) is 3.32. The fraction of sp³-hybridized carbons (Fsp3) is 0.471. The summed E-state index contributed by atoms with van der Waals surface area (Å²) in [5, 5.41) is 8.06. The summed E-state index contributed by atoms with van der Waals surface area (Å²) in [4.78, 5) is 15.5. The van der Waals surface area contributed by atoms with Crippen molar-refractivity contribution in [1.29, 1.82) is 0 Å². The molecular formula is C17H20N6O2. The minimum atomic E-state index is 0.103. The van der Waals surface area contributed by atoms with Gasteiger partial charge in [0.2, 0.25) is 17.6 Å². The van der Waals surface area contributed by atoms with Gasteiger partial charge in [-0.15, -0.1) is 0 Å². The Hall–Kier alpha value is -2.61. The normalized spacial score (nSPS) is 18.5. The lowest BCUT2D eigenvalue weighted by Crippen LogP contribution is -2.33. The molecule has 25 heavy (non-hydrogen) atoms. The van der Waals surface area contributed by atoms with E-state index in [0.29, 0.717) is 29.8 Å². The second-order valence-electron chi connectivity index (χ2n) is 6.11. The molecule has 1 aliphatic heterocycles. The summed E-state index contributed by atoms with van der Waals surface area (Å²) in [7, 11) is 0. The van der Waals surface area contributed by atoms with Crippen molar-refractivity contribution in [2.45, 2.75) is 45.2 Å². The zero-order chi connectivity index (χ0) is 17.1. The molecule has 0 aromatic carbocycles. The maximum atomic E-state index is 5.46. The molecule has 0 aliphatic carbocycles. The van der Waals surface area contributed by atoms with Gasteiger partial charge < -0.3 is 9.05 Å². The lowest BCUT2D eigenvalue weighted by atomic mass is 10.0. The van der Waals surface area contributed by atoms with Crippen LogP contribution in [0.4, 0.5) is 0 Å². The molecule has 0 N–H and O–H groups in total. The summed E-state index contributed by atoms with van der Waals surface area (Å²) in [6.07, 6.45) is 5.76. The van der Waals surface area contributed by atoms with Gasteiger partial charge >= 0.3 is 0 Å². The molecule has 0 amide bonds. The third-order valence-corrected chi connectivity index (χ3v) is 4.40. The van der Waals surface area contributed by atoms with Gasteiger partial charge in [-0.1, -0.05) is 29.7 Å². The average molecular weight is 340 g/mol. The second kappa shape index (κ2) is 7.10. The van der Waals surface area contributed by atoms with Crippen LogP contribution in [-0.2, 0) is 13.0 Å². The van der Waals surface area contributed by atoms with Gasteiger partial charge in [-0.05, 0) is 31.5 Å². The van der Waals surface area contributed by atoms with Gasteiger partial charge in [0.25, 0.3) is 0 Å². The number of aromatic nitrogens is 5. The largest absolute Gasteiger partial charge is 0.338 e. The van der Waals surface area contributed by atoms with E-state index in [2.05, 4.69) is 30.2 Å². The first-order valence-corrected chi connectivity index (χ1v) is 8.64. The highest BCUT2D eigenvalue weighted by Crippen LogP contribution is 2.31. The van der Waals surface area contributed by atoms with Gasteiger partial charge in [0.1, 0.15) is 5.69 Å². The summed E-state index contributed by atoms with van der Waals surface area (Å²) in [5.74, 6) is 2.51. The van der Waals surface area contributed by atoms with Gasteiger partial charge in [-0.25, -0.2) is 0 Å². The fourth-order valence-electron chi connectivity index (χ4n) is 3.10. The molecule has 1 aliphatic rings. The van der Waals surface area contributed by atoms with Crippen LogP contribution in [0.5, 0.6) is 0 Å². The number of pyridine rings is 1. The molecule has 3 aromatic heterocycles. The van der Waals surface area contributed by atoms with Gasteiger partial charge in [0.15, 0.2) is 5.82 Å². The minimum Gasteiger partial charge on any atom is -0.338 e. The summed E-state index contributed by atoms with van der Waals surface area (Å²) in [6.45, 7) is 3.52. The zero-order valence-corrected chi connectivity index (χ0v) is 14.1. The smallest absolute Gasteiger partial charge is 0.244 e. The highest BCUT2D eigenvalue weighted by molar-refractivity contribution is 5.46. The number of piperidine rings is 1. The lowest BCUT2D eigenvalue weighted by Gasteiger charge is -2.31. The van der Waals surface area contributed by atoms with Crippen molar-refractivity contribution in [1.82, 2.24) is 30.2 Å². The predicted molar refractivity (Wildman–Crippen MR) is 88.2 cm³/mol. The highest BCUT2D eigenvalue weighted by Gasteiger charge is 2.30. The van der Waals surface area contributed by atoms with Crippen molar-refractivity contribution in [2.75, 3.05) is 6.54 Å². The zero-order valence-electron chi connectivity index (χ0n) is 14.1. The van der Waals surface area contributed by atoms with E-state index in [-0.39, 0.29) is 6.04 Å². The topological polar surface area (TPSA) is 94.0 Å². The van der Waals surface area contributed by atoms with Crippen molar-refractivity contribution >= 4 is 0 Å². The highest BCUT2D eigenvalue weighted by atomic mass is 16.5. The molecule has 1 atom stereocenters. The Balaban J connectivity index is 1.51. The van der Waals surface area contributed by atoms with E-state index in [1.165, 1.54) is 0 Å². The van der Waals surface area contributed by atoms with Crippen LogP contribution in [0.1, 0.15) is 49.8 Å². The Labute approximate surface area is 145 Å². The first kappa shape index (κ1) is 15.9. The molecule has 0 bridgehead atoms. The van der Waals surface area contributed by atoms with E-state index in [1.807, 2.05) is 25.1 Å². The van der Waals surface area contributed by atoms with Crippen LogP contribution in [0.25, 0.3) is 11.5 Å². The SMILES string of the molecule is CCc1noc(C2CCCCN2Cc2nc(-c3ccccn3)no2)n1. The Kier molecular flexibility index (Phi) is 4.51. The molecule has 1 fully saturated rings. The minimum absolute atomic E-state index is 0.103. The van der Waals surface area contributed by atoms with Crippen molar-refractivity contribution < 1.29 is 9.05 Å². The van der Waals surface area contributed by atoms with Crippen LogP contribution in [-0.4, -0.2) is 36.7 Å². The second-order valence-corrected chi connectivity index (χ2v) is 6.11. The standard InChI is InChI=1S/C17H20N6O2/c1-2-14-19-17(25-21-14)13-8-4-6-10-23(13)11-15-20-16(22-24-15)12-7-3-5-9-18-12/h3,5,7,9,13H,2,4,6,8,10-11H2,1H3. The summed E-state index contributed by atoms with van der Waals surface area (Å²) in [6, 6.07) is 5.73. The lowest BCUT2D eigenvalue weighted by molar-refractivity contribution is 0.0986. The van der Waals surface area contributed by atoms with E-state index in [4.69, 9.17) is 9.05 Å². The molecule has 1 saturated heterocycles. The van der Waals surface area contributed by atoms with E-state index < -0.39 is 0 Å². The number of likely N-dealkylation sites (tertiary alicyclic amines) is 1. The molecule has 8 heteroatoms. The van der Waals surface area contributed by atoms with E-state index in [0.717, 1.165) is 38.1 Å². The van der Waals surface area contributed by atoms with Crippen LogP contribution in [0.2, 0.25) is 0 Å². The predicted octanol–water partition coefficient (Wildman–Crippen LogP) is 2.80. The molecule has 4 heterocycles. The number of nitrogens with zero attached hydrogens (tertiary/aromatic N) is 6. The summed E-state index contributed by atoms with van der Waals surface area (Å²) < 4.78 is 10.9. The van der Waals surface area contributed by atoms with Crippen LogP contribution in [0, 0.1) is 0 Å². The quantitative estimate of drug-likeness (QED) is 0.700. The molecule has 8 nitrogen and oxygen atoms in total. The maximum absolute atomic E-state index is 5.46. The molecule has 4 rings (SSSR count). The van der Waals surface area contributed by atoms with Gasteiger partial charge in [-0.3, -0.25) is 9.88 Å². The van der Waals surface area contributed by atoms with Gasteiger partial charge in [-0.2, -0.15) is 9.97 Å². The van der Waals surface area contributed by atoms with Gasteiger partial charge in [0, 0.05) is 12.6 Å². The van der Waals surface area contributed by atoms with Crippen molar-refractivity contribution in [3.63, 3.8) is 0 Å². The summed E-state index contributed by atoms with van der Waals surface area (Å²) >= 11 is 0. The van der Waals surface area contributed by atoms with Crippen LogP contribution < -0.4 is 0 Å². The van der Waals surface area contributed by atoms with Gasteiger partial charge in [0.05, 0.1) is 12.6 Å². The first-order valence-electron chi connectivity index (χ1n) is 8.64. The molecule has 0 spiro atoms. The van der Waals surface area contributed by atoms with Crippen LogP contribution in [0.3, 0.4) is 0 Å². The molecule has 0 saturated carbocycles. The van der Waals surface area contributed by atoms with E-state index in [9.17, 15) is 0 Å². The maximum Gasteiger partial charge on any atom is 0.244 e. The van der Waals surface area contributed by atoms with Crippen LogP contribution in [0.15, 0.2) is 33.4 Å². The molecule has 1 unspecified atom stereocenters. The molecule has 130 valence electrons. The first-order chi connectivity index (χ1) is 12.3. The number of aryl methyl sites for hydroxylation is 1. The Morgan fingerprint density at radius 2 is 2.12 bits per heavy atom. The number of rotatable bonds is 5. The van der Waals surface area contributed by atoms with Crippen molar-refractivity contribution in [2.24, 2.45) is 0 Å². The number of hydrogen-bond donors (Lipinski definition) is 0. The summed E-state index contributed by atoms with van der Waals surface area (Å²) in [5.41, 5.74) is 0.706. The van der Waals surface area contributed by atoms with E-state index in [1.54, 1.807) is 6.20 Å². The molecule has 3 aromatic rings. The van der Waals surface area contributed by atoms with Crippen molar-refractivity contribution in [3.8, 4) is 11.5 Å². The fourth-order valence-corrected chi connectivity index (χ4v) is 3.10. The molecule has 0 radical (unpaired) electrons. The Bertz CT molecular complexity index is 815. The van der Waals surface area contributed by atoms with E-state index >= 15 is 0 Å². The Morgan fingerprint density at radius 1 is 1.16 bits per heavy atom. The third-order valence-electron chi connectivity index (χ3n) is 4.40. The monoisotopic (exact) mass is 340 g/mol.